The third kappa shape index (κ3) is 9.29. The number of carbonyl (C=O) groups is 3. The van der Waals surface area contributed by atoms with Crippen LogP contribution in [0.2, 0.25) is 0 Å². The molecule has 2 saturated heterocycles. The van der Waals surface area contributed by atoms with Gasteiger partial charge in [0.15, 0.2) is 17.8 Å². The maximum absolute atomic E-state index is 13.1. The molecule has 2 aliphatic rings. The maximum atomic E-state index is 13.1. The highest BCUT2D eigenvalue weighted by molar-refractivity contribution is 7.84. The van der Waals surface area contributed by atoms with Crippen LogP contribution in [-0.4, -0.2) is 94.1 Å². The molecule has 2 aromatic heterocycles. The van der Waals surface area contributed by atoms with E-state index in [2.05, 4.69) is 25.8 Å². The van der Waals surface area contributed by atoms with Crippen LogP contribution in [0.1, 0.15) is 74.5 Å². The zero-order chi connectivity index (χ0) is 34.2. The number of rotatable bonds is 10. The summed E-state index contributed by atoms with van der Waals surface area (Å²) in [4.78, 5) is 42.7. The number of anilines is 1. The number of nitrogens with zero attached hydrogens (tertiary/aromatic N) is 4. The first kappa shape index (κ1) is 35.4. The lowest BCUT2D eigenvalue weighted by Crippen LogP contribution is -2.46. The molecule has 0 aliphatic carbocycles. The van der Waals surface area contributed by atoms with Crippen LogP contribution >= 0.6 is 0 Å². The van der Waals surface area contributed by atoms with Gasteiger partial charge in [0.05, 0.1) is 24.6 Å². The van der Waals surface area contributed by atoms with Gasteiger partial charge in [-0.25, -0.2) is 19.7 Å². The van der Waals surface area contributed by atoms with E-state index in [1.54, 1.807) is 60.0 Å². The van der Waals surface area contributed by atoms with Gasteiger partial charge < -0.3 is 29.0 Å². The number of esters is 2. The van der Waals surface area contributed by atoms with Gasteiger partial charge in [-0.1, -0.05) is 0 Å². The van der Waals surface area contributed by atoms with Crippen LogP contribution in [0.5, 0.6) is 0 Å². The van der Waals surface area contributed by atoms with E-state index in [1.165, 1.54) is 12.5 Å². The lowest BCUT2D eigenvalue weighted by atomic mass is 10.1. The van der Waals surface area contributed by atoms with Crippen LogP contribution in [0.4, 0.5) is 10.6 Å². The summed E-state index contributed by atoms with van der Waals surface area (Å²) in [7, 11) is -4.24. The molecule has 2 aliphatic heterocycles. The number of aromatic nitrogens is 4. The van der Waals surface area contributed by atoms with E-state index in [9.17, 15) is 22.8 Å². The van der Waals surface area contributed by atoms with Gasteiger partial charge in [-0.3, -0.25) is 18.9 Å². The summed E-state index contributed by atoms with van der Waals surface area (Å²) in [6.45, 7) is 13.2. The Bertz CT molecular complexity index is 1570. The summed E-state index contributed by atoms with van der Waals surface area (Å²) in [5.74, 6) is -2.34. The Morgan fingerprint density at radius 1 is 1.09 bits per heavy atom. The number of nitrogens with one attached hydrogen (secondary N) is 2. The van der Waals surface area contributed by atoms with E-state index in [4.69, 9.17) is 33.0 Å². The summed E-state index contributed by atoms with van der Waals surface area (Å²) in [6, 6.07) is -2.03. The molecule has 256 valence electrons. The second-order valence-electron chi connectivity index (χ2n) is 13.3. The number of carbonyl (C=O) groups excluding carboxylic acids is 3. The topological polar surface area (TPSA) is 234 Å². The van der Waals surface area contributed by atoms with Gasteiger partial charge in [-0.2, -0.15) is 13.5 Å². The third-order valence-electron chi connectivity index (χ3n) is 6.48. The normalized spacial score (nSPS) is 23.5. The first-order chi connectivity index (χ1) is 21.1. The van der Waals surface area contributed by atoms with Crippen molar-refractivity contribution in [2.45, 2.75) is 116 Å². The minimum absolute atomic E-state index is 0.0450. The van der Waals surface area contributed by atoms with E-state index in [1.807, 2.05) is 0 Å². The standard InChI is InChI=1S/C27H41N7O11S/c1-25(2,3)42-17(35)10-9-14(23(36)45-26(4,5)6)31-24(37)32-21-18-15(11-30-33-21)34(13-29-18)22-20-19(43-27(7,8)44-20)16(41-22)12-40-46(28,38)39/h11,13-14,16,19-20,22H,9-10,12H2,1-8H3,(H2,28,38,39)(H2,31,32,33,37)/t14-,16+,19+,20+,22+/m0/s1. The van der Waals surface area contributed by atoms with Crippen molar-refractivity contribution < 1.29 is 50.7 Å². The second kappa shape index (κ2) is 13.0. The third-order valence-corrected chi connectivity index (χ3v) is 6.94. The van der Waals surface area contributed by atoms with Gasteiger partial charge in [0, 0.05) is 6.42 Å². The van der Waals surface area contributed by atoms with Crippen molar-refractivity contribution in [1.82, 2.24) is 25.1 Å². The summed E-state index contributed by atoms with van der Waals surface area (Å²) in [6.07, 6.45) is -0.562. The van der Waals surface area contributed by atoms with Crippen LogP contribution in [-0.2, 0) is 47.8 Å². The number of ether oxygens (including phenoxy) is 5. The number of urea groups is 1. The van der Waals surface area contributed by atoms with Crippen molar-refractivity contribution >= 4 is 45.1 Å². The molecule has 0 saturated carbocycles. The number of imidazole rings is 1. The van der Waals surface area contributed by atoms with Gasteiger partial charge in [0.2, 0.25) is 0 Å². The van der Waals surface area contributed by atoms with E-state index in [0.717, 1.165) is 0 Å². The van der Waals surface area contributed by atoms with Crippen molar-refractivity contribution in [3.8, 4) is 0 Å². The number of fused-ring (bicyclic) bond motifs is 2. The first-order valence-electron chi connectivity index (χ1n) is 14.5. The molecule has 0 spiro atoms. The van der Waals surface area contributed by atoms with Crippen LogP contribution in [0.25, 0.3) is 11.0 Å². The number of hydrogen-bond donors (Lipinski definition) is 3. The molecule has 0 bridgehead atoms. The molecule has 0 aromatic carbocycles. The Labute approximate surface area is 266 Å². The van der Waals surface area contributed by atoms with Gasteiger partial charge >= 0.3 is 28.3 Å². The second-order valence-corrected chi connectivity index (χ2v) is 14.5. The average molecular weight is 672 g/mol. The molecule has 2 aromatic rings. The molecule has 4 rings (SSSR count). The molecule has 2 amide bonds. The molecule has 0 unspecified atom stereocenters. The largest absolute Gasteiger partial charge is 0.460 e. The monoisotopic (exact) mass is 671 g/mol. The summed E-state index contributed by atoms with van der Waals surface area (Å²) in [5, 5.41) is 18.0. The van der Waals surface area contributed by atoms with E-state index in [0.29, 0.717) is 5.52 Å². The van der Waals surface area contributed by atoms with Gasteiger partial charge in [-0.05, 0) is 61.8 Å². The van der Waals surface area contributed by atoms with Gasteiger partial charge in [0.25, 0.3) is 0 Å². The van der Waals surface area contributed by atoms with E-state index >= 15 is 0 Å². The van der Waals surface area contributed by atoms with Crippen molar-refractivity contribution in [2.24, 2.45) is 5.14 Å². The Kier molecular flexibility index (Phi) is 9.96. The van der Waals surface area contributed by atoms with E-state index < -0.39 is 82.5 Å². The van der Waals surface area contributed by atoms with Crippen molar-refractivity contribution in [1.29, 1.82) is 0 Å². The first-order valence-corrected chi connectivity index (χ1v) is 16.0. The lowest BCUT2D eigenvalue weighted by molar-refractivity contribution is -0.198. The molecule has 18 nitrogen and oxygen atoms in total. The predicted molar refractivity (Wildman–Crippen MR) is 159 cm³/mol. The molecule has 2 fully saturated rings. The molecule has 46 heavy (non-hydrogen) atoms. The number of hydrogen-bond acceptors (Lipinski definition) is 14. The number of nitrogens with two attached hydrogens (primary N) is 1. The van der Waals surface area contributed by atoms with Gasteiger partial charge in [-0.15, -0.1) is 5.10 Å². The molecule has 5 atom stereocenters. The minimum Gasteiger partial charge on any atom is -0.460 e. The van der Waals surface area contributed by atoms with Crippen molar-refractivity contribution in [3.63, 3.8) is 0 Å². The Balaban J connectivity index is 1.52. The highest BCUT2D eigenvalue weighted by Gasteiger charge is 2.56. The van der Waals surface area contributed by atoms with Crippen LogP contribution in [0.3, 0.4) is 0 Å². The number of amides is 2. The maximum Gasteiger partial charge on any atom is 0.333 e. The summed E-state index contributed by atoms with van der Waals surface area (Å²) < 4.78 is 58.0. The van der Waals surface area contributed by atoms with Gasteiger partial charge in [0.1, 0.15) is 41.1 Å². The van der Waals surface area contributed by atoms with Crippen LogP contribution in [0, 0.1) is 0 Å². The van der Waals surface area contributed by atoms with Crippen LogP contribution in [0.15, 0.2) is 12.5 Å². The molecule has 4 heterocycles. The fourth-order valence-corrected chi connectivity index (χ4v) is 5.24. The molecular formula is C27H41N7O11S. The Hall–Kier alpha value is -3.49. The predicted octanol–water partition coefficient (Wildman–Crippen LogP) is 1.42. The molecule has 0 radical (unpaired) electrons. The zero-order valence-electron chi connectivity index (χ0n) is 26.9. The highest BCUT2D eigenvalue weighted by Crippen LogP contribution is 2.44. The Morgan fingerprint density at radius 2 is 1.74 bits per heavy atom. The van der Waals surface area contributed by atoms with Crippen LogP contribution < -0.4 is 15.8 Å². The fourth-order valence-electron chi connectivity index (χ4n) is 4.91. The van der Waals surface area contributed by atoms with Crippen molar-refractivity contribution in [2.75, 3.05) is 11.9 Å². The SMILES string of the molecule is CC(C)(C)OC(=O)CC[C@H](NC(=O)Nc1nncc2c1ncn2[C@@H]1O[C@H](COS(N)(=O)=O)[C@H]2OC(C)(C)O[C@H]21)C(=O)OC(C)(C)C. The minimum atomic E-state index is -4.24. The van der Waals surface area contributed by atoms with Crippen molar-refractivity contribution in [3.05, 3.63) is 12.5 Å². The summed E-state index contributed by atoms with van der Waals surface area (Å²) >= 11 is 0. The fraction of sp³-hybridized carbons (Fsp3) is 0.704. The quantitative estimate of drug-likeness (QED) is 0.303. The average Bonchev–Trinajstić information content (AvgIpc) is 3.53. The van der Waals surface area contributed by atoms with E-state index in [-0.39, 0.29) is 24.2 Å². The molecule has 4 N–H and O–H groups in total. The molecule has 19 heteroatoms. The zero-order valence-corrected chi connectivity index (χ0v) is 27.7. The highest BCUT2D eigenvalue weighted by atomic mass is 32.2. The summed E-state index contributed by atoms with van der Waals surface area (Å²) in [5.41, 5.74) is -0.974. The Morgan fingerprint density at radius 3 is 2.37 bits per heavy atom. The molecular weight excluding hydrogens is 630 g/mol. The smallest absolute Gasteiger partial charge is 0.333 e. The lowest BCUT2D eigenvalue weighted by Gasteiger charge is -2.25.